The second-order valence-electron chi connectivity index (χ2n) is 8.35. The summed E-state index contributed by atoms with van der Waals surface area (Å²) >= 11 is 1.50. The van der Waals surface area contributed by atoms with Crippen molar-refractivity contribution in [2.75, 3.05) is 46.2 Å². The molecule has 0 aliphatic rings. The number of aryl methyl sites for hydroxylation is 2. The number of hydrogen-bond acceptors (Lipinski definition) is 6. The molecule has 0 radical (unpaired) electrons. The lowest BCUT2D eigenvalue weighted by Crippen LogP contribution is -2.33. The monoisotopic (exact) mass is 510 g/mol. The Kier molecular flexibility index (Phi) is 9.01. The van der Waals surface area contributed by atoms with Crippen molar-refractivity contribution in [2.45, 2.75) is 25.2 Å². The first-order valence-electron chi connectivity index (χ1n) is 10.4. The fourth-order valence-corrected chi connectivity index (χ4v) is 5.51. The highest BCUT2D eigenvalue weighted by molar-refractivity contribution is 7.89. The van der Waals surface area contributed by atoms with Crippen molar-refractivity contribution in [3.63, 3.8) is 0 Å². The Labute approximate surface area is 206 Å². The highest BCUT2D eigenvalue weighted by Crippen LogP contribution is 2.32. The van der Waals surface area contributed by atoms with Crippen LogP contribution < -0.4 is 4.90 Å². The maximum Gasteiger partial charge on any atom is 0.260 e. The Morgan fingerprint density at radius 3 is 2.21 bits per heavy atom. The number of carbonyl (C=O) groups is 1. The molecule has 7 nitrogen and oxygen atoms in total. The summed E-state index contributed by atoms with van der Waals surface area (Å²) in [6.45, 7) is 5.44. The minimum Gasteiger partial charge on any atom is -0.309 e. The minimum absolute atomic E-state index is 0. The molecule has 10 heteroatoms. The van der Waals surface area contributed by atoms with Crippen molar-refractivity contribution in [3.8, 4) is 0 Å². The van der Waals surface area contributed by atoms with Crippen LogP contribution >= 0.6 is 23.7 Å². The molecule has 1 heterocycles. The molecule has 0 aliphatic carbocycles. The Bertz CT molecular complexity index is 1220. The van der Waals surface area contributed by atoms with Crippen LogP contribution in [0, 0.1) is 13.8 Å². The second-order valence-corrected chi connectivity index (χ2v) is 11.5. The van der Waals surface area contributed by atoms with Crippen LogP contribution in [0.25, 0.3) is 10.2 Å². The van der Waals surface area contributed by atoms with Crippen LogP contribution in [0.3, 0.4) is 0 Å². The van der Waals surface area contributed by atoms with Crippen LogP contribution in [0.1, 0.15) is 27.9 Å². The molecule has 3 rings (SSSR count). The van der Waals surface area contributed by atoms with Crippen molar-refractivity contribution in [2.24, 2.45) is 0 Å². The first-order valence-corrected chi connectivity index (χ1v) is 12.6. The summed E-state index contributed by atoms with van der Waals surface area (Å²) in [6, 6.07) is 10.3. The van der Waals surface area contributed by atoms with Crippen LogP contribution in [-0.4, -0.2) is 69.8 Å². The number of rotatable bonds is 8. The third-order valence-electron chi connectivity index (χ3n) is 5.16. The van der Waals surface area contributed by atoms with E-state index in [0.29, 0.717) is 17.2 Å². The molecule has 0 aliphatic heterocycles. The number of sulfonamides is 1. The van der Waals surface area contributed by atoms with Gasteiger partial charge in [0.1, 0.15) is 0 Å². The fraction of sp³-hybridized carbons (Fsp3) is 0.391. The summed E-state index contributed by atoms with van der Waals surface area (Å²) in [5.41, 5.74) is 3.59. The third-order valence-corrected chi connectivity index (χ3v) is 8.02. The molecule has 0 N–H and O–H groups in total. The standard InChI is InChI=1S/C23H30N4O3S2.ClH/c1-16-14-17(2)21-20(15-16)31-23(24-21)27(13-7-12-25(3)4)22(28)18-8-10-19(11-9-18)32(29,30)26(5)6;/h8-11,14-15H,7,12-13H2,1-6H3;1H. The topological polar surface area (TPSA) is 73.8 Å². The Hall–Kier alpha value is -2.04. The summed E-state index contributed by atoms with van der Waals surface area (Å²) in [6.07, 6.45) is 0.791. The van der Waals surface area contributed by atoms with E-state index in [-0.39, 0.29) is 23.2 Å². The van der Waals surface area contributed by atoms with Crippen LogP contribution in [-0.2, 0) is 10.0 Å². The van der Waals surface area contributed by atoms with Gasteiger partial charge in [0.15, 0.2) is 5.13 Å². The maximum atomic E-state index is 13.5. The molecule has 0 atom stereocenters. The third kappa shape index (κ3) is 6.10. The van der Waals surface area contributed by atoms with Crippen LogP contribution in [0.15, 0.2) is 41.3 Å². The lowest BCUT2D eigenvalue weighted by molar-refractivity contribution is 0.0986. The molecule has 33 heavy (non-hydrogen) atoms. The van der Waals surface area contributed by atoms with Gasteiger partial charge < -0.3 is 4.90 Å². The maximum absolute atomic E-state index is 13.5. The molecule has 0 fully saturated rings. The van der Waals surface area contributed by atoms with Crippen molar-refractivity contribution in [1.29, 1.82) is 0 Å². The van der Waals surface area contributed by atoms with Gasteiger partial charge in [-0.05, 0) is 82.4 Å². The number of aromatic nitrogens is 1. The van der Waals surface area contributed by atoms with Gasteiger partial charge in [0.05, 0.1) is 15.1 Å². The predicted molar refractivity (Wildman–Crippen MR) is 139 cm³/mol. The average Bonchev–Trinajstić information content (AvgIpc) is 3.14. The molecular formula is C23H31ClN4O3S2. The van der Waals surface area contributed by atoms with Gasteiger partial charge in [-0.2, -0.15) is 0 Å². The van der Waals surface area contributed by atoms with E-state index in [1.165, 1.54) is 37.6 Å². The molecule has 180 valence electrons. The van der Waals surface area contributed by atoms with Crippen LogP contribution in [0.5, 0.6) is 0 Å². The lowest BCUT2D eigenvalue weighted by atomic mass is 10.1. The number of amides is 1. The van der Waals surface area contributed by atoms with Gasteiger partial charge in [0, 0.05) is 26.2 Å². The smallest absolute Gasteiger partial charge is 0.260 e. The first kappa shape index (κ1) is 27.2. The average molecular weight is 511 g/mol. The van der Waals surface area contributed by atoms with Gasteiger partial charge in [0.2, 0.25) is 10.0 Å². The van der Waals surface area contributed by atoms with Crippen molar-refractivity contribution in [3.05, 3.63) is 53.1 Å². The van der Waals surface area contributed by atoms with Gasteiger partial charge in [-0.15, -0.1) is 12.4 Å². The number of halogens is 1. The van der Waals surface area contributed by atoms with Gasteiger partial charge >= 0.3 is 0 Å². The van der Waals surface area contributed by atoms with Crippen molar-refractivity contribution < 1.29 is 13.2 Å². The molecule has 0 saturated heterocycles. The molecule has 0 unspecified atom stereocenters. The van der Waals surface area contributed by atoms with E-state index in [1.807, 2.05) is 21.0 Å². The van der Waals surface area contributed by atoms with Crippen LogP contribution in [0.2, 0.25) is 0 Å². The molecule has 0 bridgehead atoms. The second kappa shape index (κ2) is 10.9. The van der Waals surface area contributed by atoms with E-state index >= 15 is 0 Å². The Morgan fingerprint density at radius 1 is 1.00 bits per heavy atom. The number of anilines is 1. The van der Waals surface area contributed by atoms with Crippen molar-refractivity contribution >= 4 is 55.0 Å². The number of thiazole rings is 1. The molecule has 0 saturated carbocycles. The molecule has 0 spiro atoms. The quantitative estimate of drug-likeness (QED) is 0.454. The first-order chi connectivity index (χ1) is 15.0. The highest BCUT2D eigenvalue weighted by Gasteiger charge is 2.23. The fourth-order valence-electron chi connectivity index (χ4n) is 3.44. The van der Waals surface area contributed by atoms with E-state index in [4.69, 9.17) is 4.98 Å². The highest BCUT2D eigenvalue weighted by atomic mass is 35.5. The largest absolute Gasteiger partial charge is 0.309 e. The van der Waals surface area contributed by atoms with E-state index in [9.17, 15) is 13.2 Å². The SMILES string of the molecule is Cc1cc(C)c2nc(N(CCCN(C)C)C(=O)c3ccc(S(=O)(=O)N(C)C)cc3)sc2c1.Cl. The lowest BCUT2D eigenvalue weighted by Gasteiger charge is -2.21. The summed E-state index contributed by atoms with van der Waals surface area (Å²) in [4.78, 5) is 22.2. The summed E-state index contributed by atoms with van der Waals surface area (Å²) in [7, 11) is 3.42. The zero-order valence-electron chi connectivity index (χ0n) is 19.8. The Balaban J connectivity index is 0.00000385. The zero-order valence-corrected chi connectivity index (χ0v) is 22.3. The van der Waals surface area contributed by atoms with Gasteiger partial charge in [-0.25, -0.2) is 17.7 Å². The number of fused-ring (bicyclic) bond motifs is 1. The number of carbonyl (C=O) groups excluding carboxylic acids is 1. The molecule has 2 aromatic carbocycles. The summed E-state index contributed by atoms with van der Waals surface area (Å²) in [5.74, 6) is -0.189. The molecule has 1 aromatic heterocycles. The summed E-state index contributed by atoms with van der Waals surface area (Å²) < 4.78 is 26.9. The van der Waals surface area contributed by atoms with E-state index in [1.54, 1.807) is 17.0 Å². The molecular weight excluding hydrogens is 480 g/mol. The predicted octanol–water partition coefficient (Wildman–Crippen LogP) is 4.18. The van der Waals surface area contributed by atoms with E-state index in [0.717, 1.165) is 38.6 Å². The van der Waals surface area contributed by atoms with Crippen LogP contribution in [0.4, 0.5) is 5.13 Å². The van der Waals surface area contributed by atoms with E-state index in [2.05, 4.69) is 24.0 Å². The molecule has 3 aromatic rings. The van der Waals surface area contributed by atoms with Crippen molar-refractivity contribution in [1.82, 2.24) is 14.2 Å². The molecule has 1 amide bonds. The number of benzene rings is 2. The minimum atomic E-state index is -3.55. The number of nitrogens with zero attached hydrogens (tertiary/aromatic N) is 4. The van der Waals surface area contributed by atoms with Gasteiger partial charge in [-0.3, -0.25) is 9.69 Å². The normalized spacial score (nSPS) is 11.8. The summed E-state index contributed by atoms with van der Waals surface area (Å²) in [5, 5.41) is 0.655. The zero-order chi connectivity index (χ0) is 23.6. The van der Waals surface area contributed by atoms with E-state index < -0.39 is 10.0 Å². The Morgan fingerprint density at radius 2 is 1.64 bits per heavy atom. The number of hydrogen-bond donors (Lipinski definition) is 0. The van der Waals surface area contributed by atoms with Gasteiger partial charge in [0.25, 0.3) is 5.91 Å². The van der Waals surface area contributed by atoms with Gasteiger partial charge in [-0.1, -0.05) is 17.4 Å².